The van der Waals surface area contributed by atoms with Crippen molar-refractivity contribution in [1.82, 2.24) is 9.38 Å². The summed E-state index contributed by atoms with van der Waals surface area (Å²) in [6.45, 7) is 0. The lowest BCUT2D eigenvalue weighted by Crippen LogP contribution is -1.92. The molecule has 6 aromatic rings. The van der Waals surface area contributed by atoms with Crippen LogP contribution in [0.4, 0.5) is 0 Å². The number of rotatable bonds is 0. The fourth-order valence-corrected chi connectivity index (χ4v) is 3.79. The first kappa shape index (κ1) is 10.6. The van der Waals surface area contributed by atoms with Gasteiger partial charge >= 0.3 is 0 Å². The van der Waals surface area contributed by atoms with E-state index >= 15 is 0 Å². The molecule has 0 amide bonds. The Bertz CT molecular complexity index is 1320. The summed E-state index contributed by atoms with van der Waals surface area (Å²) in [5.74, 6) is 0. The minimum absolute atomic E-state index is 0.889. The maximum atomic E-state index is 5.75. The summed E-state index contributed by atoms with van der Waals surface area (Å²) < 4.78 is 8.02. The molecule has 3 nitrogen and oxygen atoms in total. The van der Waals surface area contributed by atoms with Crippen molar-refractivity contribution < 1.29 is 4.42 Å². The Labute approximate surface area is 124 Å². The molecule has 3 heteroatoms. The Balaban J connectivity index is 2.18. The molecule has 0 spiro atoms. The van der Waals surface area contributed by atoms with Gasteiger partial charge in [-0.25, -0.2) is 4.98 Å². The minimum atomic E-state index is 0.889. The Morgan fingerprint density at radius 3 is 2.59 bits per heavy atom. The number of nitrogens with zero attached hydrogens (tertiary/aromatic N) is 2. The molecule has 0 radical (unpaired) electrons. The van der Waals surface area contributed by atoms with Crippen LogP contribution in [-0.4, -0.2) is 9.38 Å². The van der Waals surface area contributed by atoms with Crippen LogP contribution in [0.1, 0.15) is 0 Å². The van der Waals surface area contributed by atoms with E-state index in [0.717, 1.165) is 22.0 Å². The summed E-state index contributed by atoms with van der Waals surface area (Å²) in [5.41, 5.74) is 4.26. The smallest absolute Gasteiger partial charge is 0.149 e. The van der Waals surface area contributed by atoms with E-state index in [1.54, 1.807) is 0 Å². The molecule has 0 aliphatic rings. The lowest BCUT2D eigenvalue weighted by Gasteiger charge is -2.06. The second-order valence-corrected chi connectivity index (χ2v) is 5.71. The molecule has 0 bridgehead atoms. The van der Waals surface area contributed by atoms with Gasteiger partial charge in [0.2, 0.25) is 0 Å². The molecule has 0 atom stereocenters. The summed E-state index contributed by atoms with van der Waals surface area (Å²) in [4.78, 5) is 4.66. The fourth-order valence-electron chi connectivity index (χ4n) is 3.79. The molecule has 0 unspecified atom stereocenters. The number of benzene rings is 2. The van der Waals surface area contributed by atoms with Crippen molar-refractivity contribution >= 4 is 49.2 Å². The van der Waals surface area contributed by atoms with E-state index in [9.17, 15) is 0 Å². The van der Waals surface area contributed by atoms with Crippen LogP contribution in [0.2, 0.25) is 0 Å². The summed E-state index contributed by atoms with van der Waals surface area (Å²) in [6.07, 6.45) is 3.67. The van der Waals surface area contributed by atoms with Crippen LogP contribution in [0.3, 0.4) is 0 Å². The summed E-state index contributed by atoms with van der Waals surface area (Å²) in [6, 6.07) is 16.9. The largest absolute Gasteiger partial charge is 0.463 e. The van der Waals surface area contributed by atoms with Gasteiger partial charge < -0.3 is 4.42 Å². The van der Waals surface area contributed by atoms with Gasteiger partial charge in [-0.1, -0.05) is 36.4 Å². The monoisotopic (exact) mass is 282 g/mol. The highest BCUT2D eigenvalue weighted by Gasteiger charge is 2.18. The maximum absolute atomic E-state index is 5.75. The van der Waals surface area contributed by atoms with E-state index in [4.69, 9.17) is 4.42 Å². The fraction of sp³-hybridized carbons (Fsp3) is 0. The van der Waals surface area contributed by atoms with Crippen molar-refractivity contribution in [2.45, 2.75) is 0 Å². The maximum Gasteiger partial charge on any atom is 0.149 e. The van der Waals surface area contributed by atoms with E-state index in [1.165, 1.54) is 27.2 Å². The predicted molar refractivity (Wildman–Crippen MR) is 88.7 cm³/mol. The Morgan fingerprint density at radius 1 is 0.818 bits per heavy atom. The third-order valence-corrected chi connectivity index (χ3v) is 4.66. The molecule has 102 valence electrons. The minimum Gasteiger partial charge on any atom is -0.463 e. The first-order valence-electron chi connectivity index (χ1n) is 7.32. The Hall–Kier alpha value is -3.07. The van der Waals surface area contributed by atoms with Crippen LogP contribution < -0.4 is 0 Å². The highest BCUT2D eigenvalue weighted by atomic mass is 16.3. The predicted octanol–water partition coefficient (Wildman–Crippen LogP) is 4.98. The number of hydrogen-bond acceptors (Lipinski definition) is 2. The number of para-hydroxylation sites is 2. The summed E-state index contributed by atoms with van der Waals surface area (Å²) >= 11 is 0. The van der Waals surface area contributed by atoms with Gasteiger partial charge in [-0.2, -0.15) is 0 Å². The molecule has 0 fully saturated rings. The molecular formula is C19H10N2O. The van der Waals surface area contributed by atoms with Crippen LogP contribution in [0.5, 0.6) is 0 Å². The Kier molecular flexibility index (Phi) is 1.64. The molecule has 22 heavy (non-hydrogen) atoms. The van der Waals surface area contributed by atoms with Gasteiger partial charge in [0.1, 0.15) is 11.2 Å². The Morgan fingerprint density at radius 2 is 1.64 bits per heavy atom. The van der Waals surface area contributed by atoms with Crippen molar-refractivity contribution in [3.05, 3.63) is 61.0 Å². The third kappa shape index (κ3) is 1.02. The van der Waals surface area contributed by atoms with Gasteiger partial charge in [0.05, 0.1) is 22.7 Å². The van der Waals surface area contributed by atoms with E-state index in [1.807, 2.05) is 18.5 Å². The zero-order valence-electron chi connectivity index (χ0n) is 11.6. The lowest BCUT2D eigenvalue weighted by molar-refractivity contribution is 0.619. The number of hydrogen-bond donors (Lipinski definition) is 0. The van der Waals surface area contributed by atoms with E-state index in [0.29, 0.717) is 0 Å². The van der Waals surface area contributed by atoms with Gasteiger partial charge in [-0.15, -0.1) is 0 Å². The normalized spacial score (nSPS) is 12.5. The molecule has 0 N–H and O–H groups in total. The van der Waals surface area contributed by atoms with Crippen molar-refractivity contribution in [1.29, 1.82) is 0 Å². The number of furan rings is 1. The van der Waals surface area contributed by atoms with Crippen molar-refractivity contribution in [3.63, 3.8) is 0 Å². The van der Waals surface area contributed by atoms with Crippen molar-refractivity contribution in [2.24, 2.45) is 0 Å². The van der Waals surface area contributed by atoms with Crippen LogP contribution in [0, 0.1) is 0 Å². The van der Waals surface area contributed by atoms with E-state index in [2.05, 4.69) is 51.8 Å². The zero-order chi connectivity index (χ0) is 14.3. The second-order valence-electron chi connectivity index (χ2n) is 5.71. The molecule has 2 aromatic carbocycles. The third-order valence-electron chi connectivity index (χ3n) is 4.66. The van der Waals surface area contributed by atoms with Gasteiger partial charge in [-0.3, -0.25) is 4.40 Å². The molecule has 6 rings (SSSR count). The first-order chi connectivity index (χ1) is 10.9. The average Bonchev–Trinajstić information content (AvgIpc) is 3.14. The van der Waals surface area contributed by atoms with Crippen LogP contribution in [-0.2, 0) is 0 Å². The quantitative estimate of drug-likeness (QED) is 0.368. The first-order valence-corrected chi connectivity index (χ1v) is 7.32. The molecule has 4 aromatic heterocycles. The summed E-state index contributed by atoms with van der Waals surface area (Å²) in [5, 5.41) is 5.98. The van der Waals surface area contributed by atoms with Crippen molar-refractivity contribution in [3.8, 4) is 0 Å². The topological polar surface area (TPSA) is 30.4 Å². The zero-order valence-corrected chi connectivity index (χ0v) is 11.6. The SMILES string of the molecule is c1ccc2c(c1)c1cccc3c4coc5ccnc(c54)n2c31. The van der Waals surface area contributed by atoms with Gasteiger partial charge in [0.25, 0.3) is 0 Å². The van der Waals surface area contributed by atoms with Gasteiger partial charge in [0.15, 0.2) is 0 Å². The molecule has 0 saturated carbocycles. The average molecular weight is 282 g/mol. The van der Waals surface area contributed by atoms with E-state index < -0.39 is 0 Å². The lowest BCUT2D eigenvalue weighted by atomic mass is 10.1. The van der Waals surface area contributed by atoms with Crippen LogP contribution in [0.15, 0.2) is 65.4 Å². The van der Waals surface area contributed by atoms with Crippen molar-refractivity contribution in [2.75, 3.05) is 0 Å². The van der Waals surface area contributed by atoms with Gasteiger partial charge in [-0.05, 0) is 12.1 Å². The van der Waals surface area contributed by atoms with Gasteiger partial charge in [0, 0.05) is 27.7 Å². The molecule has 0 aliphatic carbocycles. The standard InChI is InChI=1S/C19H10N2O/c1-2-7-15-11(4-1)12-5-3-6-13-14-10-22-16-8-9-20-19(17(14)16)21(15)18(12)13/h1-10H. The molecule has 4 heterocycles. The number of pyridine rings is 2. The molecule has 0 saturated heterocycles. The number of fused-ring (bicyclic) bond motifs is 5. The molecular weight excluding hydrogens is 272 g/mol. The number of aromatic nitrogens is 2. The highest BCUT2D eigenvalue weighted by molar-refractivity contribution is 6.25. The van der Waals surface area contributed by atoms with Crippen LogP contribution >= 0.6 is 0 Å². The highest BCUT2D eigenvalue weighted by Crippen LogP contribution is 2.39. The second kappa shape index (κ2) is 3.39. The molecule has 0 aliphatic heterocycles. The van der Waals surface area contributed by atoms with E-state index in [-0.39, 0.29) is 0 Å². The summed E-state index contributed by atoms with van der Waals surface area (Å²) in [7, 11) is 0. The van der Waals surface area contributed by atoms with Crippen LogP contribution in [0.25, 0.3) is 49.2 Å².